The second-order valence-corrected chi connectivity index (χ2v) is 9.02. The van der Waals surface area contributed by atoms with Crippen molar-refractivity contribution in [2.45, 2.75) is 18.7 Å². The number of hydrogen-bond acceptors (Lipinski definition) is 6. The van der Waals surface area contributed by atoms with Gasteiger partial charge >= 0.3 is 0 Å². The Balaban J connectivity index is 1.88. The molecule has 0 saturated carbocycles. The number of benzene rings is 2. The van der Waals surface area contributed by atoms with E-state index < -0.39 is 10.0 Å². The van der Waals surface area contributed by atoms with Crippen LogP contribution in [0.5, 0.6) is 11.5 Å². The van der Waals surface area contributed by atoms with Crippen LogP contribution < -0.4 is 9.47 Å². The van der Waals surface area contributed by atoms with Crippen LogP contribution in [0.3, 0.4) is 0 Å². The molecule has 0 aliphatic rings. The second kappa shape index (κ2) is 8.94. The van der Waals surface area contributed by atoms with Crippen molar-refractivity contribution in [1.82, 2.24) is 9.29 Å². The highest BCUT2D eigenvalue weighted by molar-refractivity contribution is 7.89. The summed E-state index contributed by atoms with van der Waals surface area (Å²) in [7, 11) is -0.262. The fraction of sp³-hybridized carbons (Fsp3) is 0.286. The molecule has 2 aromatic carbocycles. The van der Waals surface area contributed by atoms with Gasteiger partial charge in [0.2, 0.25) is 10.0 Å². The maximum atomic E-state index is 12.6. The molecule has 0 radical (unpaired) electrons. The molecule has 0 saturated heterocycles. The first-order valence-corrected chi connectivity index (χ1v) is 11.5. The molecule has 0 N–H and O–H groups in total. The van der Waals surface area contributed by atoms with Crippen molar-refractivity contribution >= 4 is 21.4 Å². The predicted octanol–water partition coefficient (Wildman–Crippen LogP) is 4.52. The Morgan fingerprint density at radius 1 is 0.931 bits per heavy atom. The van der Waals surface area contributed by atoms with E-state index in [9.17, 15) is 8.42 Å². The largest absolute Gasteiger partial charge is 0.493 e. The third-order valence-electron chi connectivity index (χ3n) is 4.63. The molecule has 0 fully saturated rings. The van der Waals surface area contributed by atoms with Gasteiger partial charge in [-0.1, -0.05) is 26.0 Å². The van der Waals surface area contributed by atoms with E-state index in [-0.39, 0.29) is 0 Å². The quantitative estimate of drug-likeness (QED) is 0.523. The molecule has 0 atom stereocenters. The van der Waals surface area contributed by atoms with E-state index in [0.717, 1.165) is 21.8 Å². The van der Waals surface area contributed by atoms with Crippen molar-refractivity contribution in [2.75, 3.05) is 27.3 Å². The van der Waals surface area contributed by atoms with Crippen molar-refractivity contribution in [2.24, 2.45) is 0 Å². The van der Waals surface area contributed by atoms with Crippen LogP contribution in [0.4, 0.5) is 0 Å². The van der Waals surface area contributed by atoms with Gasteiger partial charge in [0.25, 0.3) is 0 Å². The van der Waals surface area contributed by atoms with Crippen molar-refractivity contribution < 1.29 is 17.9 Å². The number of sulfonamides is 1. The van der Waals surface area contributed by atoms with Gasteiger partial charge in [-0.2, -0.15) is 4.31 Å². The summed E-state index contributed by atoms with van der Waals surface area (Å²) in [5.41, 5.74) is 2.60. The molecule has 29 heavy (non-hydrogen) atoms. The van der Waals surface area contributed by atoms with E-state index in [1.165, 1.54) is 15.6 Å². The van der Waals surface area contributed by atoms with Crippen molar-refractivity contribution in [3.05, 3.63) is 47.8 Å². The summed E-state index contributed by atoms with van der Waals surface area (Å²) in [5, 5.41) is 2.81. The minimum absolute atomic E-state index is 0.292. The van der Waals surface area contributed by atoms with E-state index in [4.69, 9.17) is 14.5 Å². The lowest BCUT2D eigenvalue weighted by Gasteiger charge is -2.18. The fourth-order valence-electron chi connectivity index (χ4n) is 3.02. The third kappa shape index (κ3) is 4.29. The Labute approximate surface area is 175 Å². The molecule has 0 unspecified atom stereocenters. The SMILES string of the molecule is CCN(CC)S(=O)(=O)c1ccc(-c2csc(-c3ccc(OC)c(OC)c3)n2)cc1. The van der Waals surface area contributed by atoms with Crippen LogP contribution in [-0.4, -0.2) is 45.0 Å². The summed E-state index contributed by atoms with van der Waals surface area (Å²) in [5.74, 6) is 1.31. The molecule has 0 bridgehead atoms. The van der Waals surface area contributed by atoms with Crippen molar-refractivity contribution in [3.8, 4) is 33.3 Å². The van der Waals surface area contributed by atoms with Gasteiger partial charge in [0.1, 0.15) is 5.01 Å². The summed E-state index contributed by atoms with van der Waals surface area (Å²) in [4.78, 5) is 5.00. The molecular weight excluding hydrogens is 408 g/mol. The normalized spacial score (nSPS) is 11.6. The first-order chi connectivity index (χ1) is 13.9. The highest BCUT2D eigenvalue weighted by Gasteiger charge is 2.21. The first-order valence-electron chi connectivity index (χ1n) is 9.23. The molecule has 0 aliphatic carbocycles. The minimum Gasteiger partial charge on any atom is -0.493 e. The van der Waals surface area contributed by atoms with Gasteiger partial charge in [-0.05, 0) is 30.3 Å². The zero-order valence-corrected chi connectivity index (χ0v) is 18.5. The highest BCUT2D eigenvalue weighted by atomic mass is 32.2. The maximum absolute atomic E-state index is 12.6. The second-order valence-electron chi connectivity index (χ2n) is 6.22. The van der Waals surface area contributed by atoms with Crippen molar-refractivity contribution in [1.29, 1.82) is 0 Å². The number of methoxy groups -OCH3 is 2. The lowest BCUT2D eigenvalue weighted by atomic mass is 10.2. The topological polar surface area (TPSA) is 68.7 Å². The number of rotatable bonds is 8. The Morgan fingerprint density at radius 3 is 2.14 bits per heavy atom. The monoisotopic (exact) mass is 432 g/mol. The molecule has 0 spiro atoms. The standard InChI is InChI=1S/C21H24N2O4S2/c1-5-23(6-2)29(24,25)17-10-7-15(8-11-17)18-14-28-21(22-18)16-9-12-19(26-3)20(13-16)27-4/h7-14H,5-6H2,1-4H3. The Kier molecular flexibility index (Phi) is 6.56. The molecule has 154 valence electrons. The Hall–Kier alpha value is -2.42. The maximum Gasteiger partial charge on any atom is 0.243 e. The summed E-state index contributed by atoms with van der Waals surface area (Å²) in [6, 6.07) is 12.5. The smallest absolute Gasteiger partial charge is 0.243 e. The van der Waals surface area contributed by atoms with E-state index >= 15 is 0 Å². The Morgan fingerprint density at radius 2 is 1.55 bits per heavy atom. The summed E-state index contributed by atoms with van der Waals surface area (Å²) >= 11 is 1.52. The fourth-order valence-corrected chi connectivity index (χ4v) is 5.30. The molecular formula is C21H24N2O4S2. The van der Waals surface area contributed by atoms with Gasteiger partial charge in [-0.15, -0.1) is 11.3 Å². The average Bonchev–Trinajstić information content (AvgIpc) is 3.24. The van der Waals surface area contributed by atoms with E-state index in [2.05, 4.69) is 0 Å². The third-order valence-corrected chi connectivity index (χ3v) is 7.58. The molecule has 0 amide bonds. The average molecular weight is 433 g/mol. The van der Waals surface area contributed by atoms with Gasteiger partial charge in [-0.25, -0.2) is 13.4 Å². The number of thiazole rings is 1. The zero-order chi connectivity index (χ0) is 21.0. The number of aromatic nitrogens is 1. The van der Waals surface area contributed by atoms with Gasteiger partial charge in [0.15, 0.2) is 11.5 Å². The van der Waals surface area contributed by atoms with E-state index in [1.54, 1.807) is 38.5 Å². The van der Waals surface area contributed by atoms with Crippen LogP contribution in [0.15, 0.2) is 52.7 Å². The molecule has 1 heterocycles. The van der Waals surface area contributed by atoms with E-state index in [1.807, 2.05) is 37.4 Å². The zero-order valence-electron chi connectivity index (χ0n) is 16.9. The number of hydrogen-bond donors (Lipinski definition) is 0. The van der Waals surface area contributed by atoms with Crippen LogP contribution in [-0.2, 0) is 10.0 Å². The summed E-state index contributed by atoms with van der Waals surface area (Å²) < 4.78 is 37.4. The van der Waals surface area contributed by atoms with Crippen LogP contribution in [0.1, 0.15) is 13.8 Å². The predicted molar refractivity (Wildman–Crippen MR) is 116 cm³/mol. The molecule has 0 aliphatic heterocycles. The minimum atomic E-state index is -3.46. The van der Waals surface area contributed by atoms with Crippen LogP contribution in [0.2, 0.25) is 0 Å². The first kappa shape index (κ1) is 21.3. The van der Waals surface area contributed by atoms with Gasteiger partial charge in [-0.3, -0.25) is 0 Å². The lowest BCUT2D eigenvalue weighted by Crippen LogP contribution is -2.30. The van der Waals surface area contributed by atoms with E-state index in [0.29, 0.717) is 29.5 Å². The summed E-state index contributed by atoms with van der Waals surface area (Å²) in [6.45, 7) is 4.56. The lowest BCUT2D eigenvalue weighted by molar-refractivity contribution is 0.355. The van der Waals surface area contributed by atoms with Crippen LogP contribution in [0, 0.1) is 0 Å². The van der Waals surface area contributed by atoms with Crippen molar-refractivity contribution in [3.63, 3.8) is 0 Å². The van der Waals surface area contributed by atoms with Gasteiger partial charge in [0, 0.05) is 29.6 Å². The summed E-state index contributed by atoms with van der Waals surface area (Å²) in [6.07, 6.45) is 0. The molecule has 8 heteroatoms. The molecule has 1 aromatic heterocycles. The van der Waals surface area contributed by atoms with Gasteiger partial charge in [0.05, 0.1) is 24.8 Å². The molecule has 3 aromatic rings. The molecule has 3 rings (SSSR count). The number of nitrogens with zero attached hydrogens (tertiary/aromatic N) is 2. The Bertz CT molecular complexity index is 1070. The van der Waals surface area contributed by atoms with Gasteiger partial charge < -0.3 is 9.47 Å². The van der Waals surface area contributed by atoms with Crippen LogP contribution >= 0.6 is 11.3 Å². The highest BCUT2D eigenvalue weighted by Crippen LogP contribution is 2.35. The molecule has 6 nitrogen and oxygen atoms in total. The van der Waals surface area contributed by atoms with Crippen LogP contribution in [0.25, 0.3) is 21.8 Å². The number of ether oxygens (including phenoxy) is 2.